The van der Waals surface area contributed by atoms with Crippen molar-refractivity contribution in [2.75, 3.05) is 11.1 Å². The quantitative estimate of drug-likeness (QED) is 0.504. The second-order valence-electron chi connectivity index (χ2n) is 5.79. The Morgan fingerprint density at radius 2 is 1.93 bits per heavy atom. The molecule has 27 heavy (non-hydrogen) atoms. The molecule has 0 saturated carbocycles. The third-order valence-electron chi connectivity index (χ3n) is 3.86. The van der Waals surface area contributed by atoms with E-state index in [1.807, 2.05) is 24.3 Å². The molecule has 0 aliphatic carbocycles. The van der Waals surface area contributed by atoms with Gasteiger partial charge in [0, 0.05) is 18.0 Å². The number of pyridine rings is 1. The minimum absolute atomic E-state index is 0.324. The van der Waals surface area contributed by atoms with E-state index in [0.29, 0.717) is 41.1 Å². The number of imidazole rings is 1. The zero-order valence-electron chi connectivity index (χ0n) is 14.2. The van der Waals surface area contributed by atoms with Gasteiger partial charge in [0.05, 0.1) is 23.6 Å². The molecule has 3 heterocycles. The van der Waals surface area contributed by atoms with Gasteiger partial charge < -0.3 is 16.0 Å². The highest BCUT2D eigenvalue weighted by Gasteiger charge is 2.15. The molecule has 0 radical (unpaired) electrons. The predicted molar refractivity (Wildman–Crippen MR) is 101 cm³/mol. The number of hydrogen-bond donors (Lipinski definition) is 3. The summed E-state index contributed by atoms with van der Waals surface area (Å²) < 4.78 is 13.7. The van der Waals surface area contributed by atoms with Gasteiger partial charge in [-0.15, -0.1) is 0 Å². The zero-order valence-corrected chi connectivity index (χ0v) is 14.2. The van der Waals surface area contributed by atoms with Gasteiger partial charge in [0.15, 0.2) is 0 Å². The highest BCUT2D eigenvalue weighted by atomic mass is 19.1. The Morgan fingerprint density at radius 3 is 2.70 bits per heavy atom. The number of anilines is 2. The molecule has 7 nitrogen and oxygen atoms in total. The van der Waals surface area contributed by atoms with E-state index in [1.165, 1.54) is 12.1 Å². The SMILES string of the molecule is Nc1ccnc(NCc2nc(-c3cccc(F)c3)c(-c3ccccn3)[nH]2)n1. The molecule has 4 N–H and O–H groups in total. The molecule has 4 rings (SSSR count). The lowest BCUT2D eigenvalue weighted by atomic mass is 10.1. The molecule has 0 amide bonds. The highest BCUT2D eigenvalue weighted by molar-refractivity contribution is 5.76. The lowest BCUT2D eigenvalue weighted by molar-refractivity contribution is 0.628. The number of aromatic amines is 1. The Hall–Kier alpha value is -3.81. The first-order valence-electron chi connectivity index (χ1n) is 8.27. The van der Waals surface area contributed by atoms with Gasteiger partial charge in [-0.2, -0.15) is 4.98 Å². The Morgan fingerprint density at radius 1 is 1.00 bits per heavy atom. The van der Waals surface area contributed by atoms with Crippen LogP contribution in [0.2, 0.25) is 0 Å². The van der Waals surface area contributed by atoms with Crippen molar-refractivity contribution in [3.05, 3.63) is 72.6 Å². The van der Waals surface area contributed by atoms with Crippen LogP contribution in [0, 0.1) is 5.82 Å². The van der Waals surface area contributed by atoms with Crippen LogP contribution in [0.3, 0.4) is 0 Å². The van der Waals surface area contributed by atoms with Crippen LogP contribution in [0.25, 0.3) is 22.6 Å². The first-order chi connectivity index (χ1) is 13.2. The minimum Gasteiger partial charge on any atom is -0.384 e. The van der Waals surface area contributed by atoms with Crippen LogP contribution in [0.4, 0.5) is 16.2 Å². The van der Waals surface area contributed by atoms with Crippen molar-refractivity contribution in [3.63, 3.8) is 0 Å². The van der Waals surface area contributed by atoms with Gasteiger partial charge >= 0.3 is 0 Å². The van der Waals surface area contributed by atoms with E-state index in [9.17, 15) is 4.39 Å². The Kier molecular flexibility index (Phi) is 4.44. The van der Waals surface area contributed by atoms with Crippen molar-refractivity contribution in [3.8, 4) is 22.6 Å². The van der Waals surface area contributed by atoms with Gasteiger partial charge in [-0.25, -0.2) is 14.4 Å². The molecule has 0 atom stereocenters. The molecule has 4 aromatic rings. The minimum atomic E-state index is -0.324. The number of nitrogens with zero attached hydrogens (tertiary/aromatic N) is 4. The number of nitrogen functional groups attached to an aromatic ring is 1. The van der Waals surface area contributed by atoms with Gasteiger partial charge in [0.25, 0.3) is 0 Å². The Balaban J connectivity index is 1.69. The van der Waals surface area contributed by atoms with E-state index in [-0.39, 0.29) is 5.82 Å². The number of benzene rings is 1. The van der Waals surface area contributed by atoms with Crippen molar-refractivity contribution < 1.29 is 4.39 Å². The van der Waals surface area contributed by atoms with E-state index >= 15 is 0 Å². The summed E-state index contributed by atoms with van der Waals surface area (Å²) in [6.45, 7) is 0.346. The van der Waals surface area contributed by atoms with Gasteiger partial charge in [0.1, 0.15) is 17.5 Å². The fourth-order valence-electron chi connectivity index (χ4n) is 2.67. The first-order valence-corrected chi connectivity index (χ1v) is 8.27. The topological polar surface area (TPSA) is 105 Å². The summed E-state index contributed by atoms with van der Waals surface area (Å²) in [5.74, 6) is 1.09. The van der Waals surface area contributed by atoms with Gasteiger partial charge in [0.2, 0.25) is 5.95 Å². The standard InChI is InChI=1S/C19H16FN7/c20-13-5-3-4-12(10-13)17-18(14-6-1-2-8-22-14)27-16(26-17)11-24-19-23-9-7-15(21)25-19/h1-10H,11H2,(H,26,27)(H3,21,23,24,25). The fourth-order valence-corrected chi connectivity index (χ4v) is 2.67. The van der Waals surface area contributed by atoms with Crippen LogP contribution < -0.4 is 11.1 Å². The maximum atomic E-state index is 13.7. The molecule has 1 aromatic carbocycles. The average Bonchev–Trinajstić information content (AvgIpc) is 3.12. The van der Waals surface area contributed by atoms with E-state index in [2.05, 4.69) is 30.2 Å². The third kappa shape index (κ3) is 3.74. The van der Waals surface area contributed by atoms with Crippen LogP contribution in [0.15, 0.2) is 60.9 Å². The molecular formula is C19H16FN7. The van der Waals surface area contributed by atoms with Crippen LogP contribution in [-0.2, 0) is 6.54 Å². The molecule has 8 heteroatoms. The van der Waals surface area contributed by atoms with Crippen LogP contribution >= 0.6 is 0 Å². The van der Waals surface area contributed by atoms with Crippen molar-refractivity contribution in [1.82, 2.24) is 24.9 Å². The van der Waals surface area contributed by atoms with Crippen LogP contribution in [-0.4, -0.2) is 24.9 Å². The third-order valence-corrected chi connectivity index (χ3v) is 3.86. The van der Waals surface area contributed by atoms with E-state index in [4.69, 9.17) is 5.73 Å². The summed E-state index contributed by atoms with van der Waals surface area (Å²) in [6.07, 6.45) is 3.27. The Labute approximate surface area is 154 Å². The number of nitrogens with two attached hydrogens (primary N) is 1. The van der Waals surface area contributed by atoms with Gasteiger partial charge in [-0.3, -0.25) is 4.98 Å². The summed E-state index contributed by atoms with van der Waals surface area (Å²) in [5.41, 5.74) is 8.38. The highest BCUT2D eigenvalue weighted by Crippen LogP contribution is 2.29. The van der Waals surface area contributed by atoms with Crippen molar-refractivity contribution in [2.24, 2.45) is 0 Å². The van der Waals surface area contributed by atoms with Crippen molar-refractivity contribution >= 4 is 11.8 Å². The summed E-state index contributed by atoms with van der Waals surface area (Å²) in [5, 5.41) is 3.07. The molecule has 0 aliphatic rings. The summed E-state index contributed by atoms with van der Waals surface area (Å²) >= 11 is 0. The summed E-state index contributed by atoms with van der Waals surface area (Å²) in [4.78, 5) is 20.5. The zero-order chi connectivity index (χ0) is 18.6. The number of hydrogen-bond acceptors (Lipinski definition) is 6. The summed E-state index contributed by atoms with van der Waals surface area (Å²) in [6, 6.07) is 13.5. The van der Waals surface area contributed by atoms with Crippen molar-refractivity contribution in [2.45, 2.75) is 6.54 Å². The van der Waals surface area contributed by atoms with Crippen molar-refractivity contribution in [1.29, 1.82) is 0 Å². The monoisotopic (exact) mass is 361 g/mol. The second-order valence-corrected chi connectivity index (χ2v) is 5.79. The fraction of sp³-hybridized carbons (Fsp3) is 0.0526. The normalized spacial score (nSPS) is 10.7. The Bertz CT molecular complexity index is 1060. The number of halogens is 1. The number of aromatic nitrogens is 5. The molecule has 0 fully saturated rings. The maximum absolute atomic E-state index is 13.7. The molecule has 0 aliphatic heterocycles. The molecule has 0 unspecified atom stereocenters. The van der Waals surface area contributed by atoms with E-state index in [1.54, 1.807) is 24.5 Å². The number of rotatable bonds is 5. The van der Waals surface area contributed by atoms with Gasteiger partial charge in [-0.05, 0) is 30.3 Å². The lowest BCUT2D eigenvalue weighted by Crippen LogP contribution is -2.06. The molecular weight excluding hydrogens is 345 g/mol. The first kappa shape index (κ1) is 16.6. The smallest absolute Gasteiger partial charge is 0.224 e. The summed E-state index contributed by atoms with van der Waals surface area (Å²) in [7, 11) is 0. The van der Waals surface area contributed by atoms with Crippen LogP contribution in [0.1, 0.15) is 5.82 Å². The van der Waals surface area contributed by atoms with Crippen LogP contribution in [0.5, 0.6) is 0 Å². The number of H-pyrrole nitrogens is 1. The predicted octanol–water partition coefficient (Wildman–Crippen LogP) is 3.26. The molecule has 0 spiro atoms. The second kappa shape index (κ2) is 7.20. The van der Waals surface area contributed by atoms with E-state index in [0.717, 1.165) is 5.69 Å². The molecule has 0 bridgehead atoms. The largest absolute Gasteiger partial charge is 0.384 e. The van der Waals surface area contributed by atoms with E-state index < -0.39 is 0 Å². The molecule has 134 valence electrons. The lowest BCUT2D eigenvalue weighted by Gasteiger charge is -2.02. The number of nitrogens with one attached hydrogen (secondary N) is 2. The molecule has 0 saturated heterocycles. The average molecular weight is 361 g/mol. The molecule has 3 aromatic heterocycles. The maximum Gasteiger partial charge on any atom is 0.224 e. The van der Waals surface area contributed by atoms with Gasteiger partial charge in [-0.1, -0.05) is 18.2 Å².